The Kier molecular flexibility index (Phi) is 4.50. The number of fused-ring (bicyclic) bond motifs is 1. The second-order valence-corrected chi connectivity index (χ2v) is 6.48. The summed E-state index contributed by atoms with van der Waals surface area (Å²) in [7, 11) is 0. The van der Waals surface area contributed by atoms with Crippen molar-refractivity contribution in [3.8, 4) is 16.9 Å². The van der Waals surface area contributed by atoms with Gasteiger partial charge in [-0.25, -0.2) is 4.79 Å². The lowest BCUT2D eigenvalue weighted by molar-refractivity contribution is -0.137. The molecule has 0 N–H and O–H groups in total. The molecule has 0 atom stereocenters. The average molecular weight is 384 g/mol. The van der Waals surface area contributed by atoms with E-state index in [1.165, 1.54) is 12.1 Å². The van der Waals surface area contributed by atoms with Crippen LogP contribution in [0.1, 0.15) is 16.7 Å². The summed E-state index contributed by atoms with van der Waals surface area (Å²) < 4.78 is 43.6. The van der Waals surface area contributed by atoms with Gasteiger partial charge in [0.05, 0.1) is 12.1 Å². The first-order valence-corrected chi connectivity index (χ1v) is 8.56. The minimum Gasteiger partial charge on any atom is -0.410 e. The van der Waals surface area contributed by atoms with Crippen LogP contribution in [-0.2, 0) is 19.3 Å². The third-order valence-electron chi connectivity index (χ3n) is 4.55. The highest BCUT2D eigenvalue weighted by Gasteiger charge is 2.30. The number of ether oxygens (including phenoxy) is 1. The Hall–Kier alpha value is -3.35. The van der Waals surface area contributed by atoms with Gasteiger partial charge in [0.2, 0.25) is 0 Å². The molecule has 1 aliphatic rings. The molecule has 7 heteroatoms. The van der Waals surface area contributed by atoms with E-state index in [9.17, 15) is 18.0 Å². The monoisotopic (exact) mass is 384 g/mol. The van der Waals surface area contributed by atoms with Gasteiger partial charge in [-0.1, -0.05) is 18.2 Å². The zero-order chi connectivity index (χ0) is 19.7. The largest absolute Gasteiger partial charge is 0.416 e. The van der Waals surface area contributed by atoms with Gasteiger partial charge in [-0.15, -0.1) is 0 Å². The van der Waals surface area contributed by atoms with Crippen LogP contribution in [0.5, 0.6) is 5.75 Å². The normalized spacial score (nSPS) is 13.8. The number of alkyl halides is 3. The summed E-state index contributed by atoms with van der Waals surface area (Å²) in [4.78, 5) is 17.7. The van der Waals surface area contributed by atoms with Gasteiger partial charge < -0.3 is 4.74 Å². The third-order valence-corrected chi connectivity index (χ3v) is 4.55. The van der Waals surface area contributed by atoms with Crippen molar-refractivity contribution in [2.75, 3.05) is 0 Å². The first kappa shape index (κ1) is 18.0. The van der Waals surface area contributed by atoms with E-state index in [0.717, 1.165) is 28.8 Å². The molecule has 0 fully saturated rings. The smallest absolute Gasteiger partial charge is 0.410 e. The van der Waals surface area contributed by atoms with Crippen molar-refractivity contribution in [1.29, 1.82) is 0 Å². The lowest BCUT2D eigenvalue weighted by Crippen LogP contribution is -2.36. The molecule has 1 amide bonds. The molecule has 3 aromatic rings. The molecule has 4 rings (SSSR count). The molecule has 28 heavy (non-hydrogen) atoms. The predicted molar refractivity (Wildman–Crippen MR) is 96.4 cm³/mol. The zero-order valence-corrected chi connectivity index (χ0v) is 14.6. The molecule has 4 nitrogen and oxygen atoms in total. The van der Waals surface area contributed by atoms with Crippen molar-refractivity contribution in [1.82, 2.24) is 9.88 Å². The molecule has 0 unspecified atom stereocenters. The number of carbonyl (C=O) groups excluding carboxylic acids is 1. The van der Waals surface area contributed by atoms with Gasteiger partial charge in [0.15, 0.2) is 0 Å². The number of carbonyl (C=O) groups is 1. The van der Waals surface area contributed by atoms with E-state index in [0.29, 0.717) is 24.4 Å². The van der Waals surface area contributed by atoms with Crippen molar-refractivity contribution in [2.24, 2.45) is 0 Å². The molecule has 0 radical (unpaired) electrons. The van der Waals surface area contributed by atoms with Gasteiger partial charge >= 0.3 is 12.3 Å². The van der Waals surface area contributed by atoms with Crippen molar-refractivity contribution in [2.45, 2.75) is 19.3 Å². The van der Waals surface area contributed by atoms with Gasteiger partial charge in [-0.05, 0) is 53.1 Å². The molecule has 1 aromatic heterocycles. The van der Waals surface area contributed by atoms with Gasteiger partial charge in [-0.2, -0.15) is 13.2 Å². The Morgan fingerprint density at radius 2 is 1.64 bits per heavy atom. The molecule has 142 valence electrons. The number of amides is 1. The standard InChI is InChI=1S/C21H15F3N2O2/c22-21(23,24)18-4-1-15(2-5-18)16-3-6-19-17(11-16)13-26(20(27)28-19)12-14-7-9-25-10-8-14/h1-11H,12-13H2. The maximum absolute atomic E-state index is 12.7. The molecular weight excluding hydrogens is 369 g/mol. The van der Waals surface area contributed by atoms with Crippen LogP contribution in [0, 0.1) is 0 Å². The van der Waals surface area contributed by atoms with E-state index in [2.05, 4.69) is 4.98 Å². The highest BCUT2D eigenvalue weighted by molar-refractivity contribution is 5.75. The fourth-order valence-corrected chi connectivity index (χ4v) is 3.09. The fraction of sp³-hybridized carbons (Fsp3) is 0.143. The number of hydrogen-bond acceptors (Lipinski definition) is 3. The summed E-state index contributed by atoms with van der Waals surface area (Å²) in [5.41, 5.74) is 2.45. The van der Waals surface area contributed by atoms with Gasteiger partial charge in [0, 0.05) is 24.5 Å². The Morgan fingerprint density at radius 1 is 0.964 bits per heavy atom. The minimum atomic E-state index is -4.37. The van der Waals surface area contributed by atoms with Crippen LogP contribution < -0.4 is 4.74 Å². The fourth-order valence-electron chi connectivity index (χ4n) is 3.09. The average Bonchev–Trinajstić information content (AvgIpc) is 2.68. The van der Waals surface area contributed by atoms with Crippen molar-refractivity contribution in [3.63, 3.8) is 0 Å². The molecule has 1 aliphatic heterocycles. The minimum absolute atomic E-state index is 0.352. The number of halogens is 3. The van der Waals surface area contributed by atoms with Gasteiger partial charge in [-0.3, -0.25) is 9.88 Å². The zero-order valence-electron chi connectivity index (χ0n) is 14.6. The van der Waals surface area contributed by atoms with Crippen LogP contribution in [0.2, 0.25) is 0 Å². The molecule has 2 aromatic carbocycles. The first-order valence-electron chi connectivity index (χ1n) is 8.56. The van der Waals surface area contributed by atoms with E-state index in [1.807, 2.05) is 18.2 Å². The van der Waals surface area contributed by atoms with E-state index in [-0.39, 0.29) is 0 Å². The van der Waals surface area contributed by atoms with Crippen LogP contribution >= 0.6 is 0 Å². The number of aromatic nitrogens is 1. The van der Waals surface area contributed by atoms with E-state index >= 15 is 0 Å². The van der Waals surface area contributed by atoms with Crippen molar-refractivity contribution >= 4 is 6.09 Å². The van der Waals surface area contributed by atoms with E-state index in [4.69, 9.17) is 4.74 Å². The number of pyridine rings is 1. The highest BCUT2D eigenvalue weighted by Crippen LogP contribution is 2.34. The quantitative estimate of drug-likeness (QED) is 0.617. The van der Waals surface area contributed by atoms with Gasteiger partial charge in [0.25, 0.3) is 0 Å². The van der Waals surface area contributed by atoms with Crippen LogP contribution in [0.3, 0.4) is 0 Å². The van der Waals surface area contributed by atoms with Crippen LogP contribution in [-0.4, -0.2) is 16.0 Å². The summed E-state index contributed by atoms with van der Waals surface area (Å²) in [5, 5.41) is 0. The van der Waals surface area contributed by atoms with E-state index < -0.39 is 17.8 Å². The SMILES string of the molecule is O=C1Oc2ccc(-c3ccc(C(F)(F)F)cc3)cc2CN1Cc1ccncc1. The predicted octanol–water partition coefficient (Wildman–Crippen LogP) is 5.28. The number of nitrogens with zero attached hydrogens (tertiary/aromatic N) is 2. The number of hydrogen-bond donors (Lipinski definition) is 0. The Balaban J connectivity index is 1.58. The van der Waals surface area contributed by atoms with Crippen LogP contribution in [0.25, 0.3) is 11.1 Å². The number of benzene rings is 2. The molecular formula is C21H15F3N2O2. The van der Waals surface area contributed by atoms with Crippen LogP contribution in [0.4, 0.5) is 18.0 Å². The van der Waals surface area contributed by atoms with Crippen LogP contribution in [0.15, 0.2) is 67.0 Å². The highest BCUT2D eigenvalue weighted by atomic mass is 19.4. The second-order valence-electron chi connectivity index (χ2n) is 6.48. The summed E-state index contributed by atoms with van der Waals surface area (Å²) in [6.45, 7) is 0.732. The molecule has 2 heterocycles. The summed E-state index contributed by atoms with van der Waals surface area (Å²) in [5.74, 6) is 0.464. The maximum Gasteiger partial charge on any atom is 0.416 e. The second kappa shape index (κ2) is 6.99. The topological polar surface area (TPSA) is 42.4 Å². The molecule has 0 spiro atoms. The Bertz CT molecular complexity index is 1000. The molecule has 0 saturated heterocycles. The summed E-state index contributed by atoms with van der Waals surface area (Å²) in [6.07, 6.45) is -1.50. The van der Waals surface area contributed by atoms with Crippen molar-refractivity contribution < 1.29 is 22.7 Å². The Morgan fingerprint density at radius 3 is 2.32 bits per heavy atom. The van der Waals surface area contributed by atoms with Crippen molar-refractivity contribution in [3.05, 3.63) is 83.7 Å². The summed E-state index contributed by atoms with van der Waals surface area (Å²) in [6, 6.07) is 13.9. The molecule has 0 bridgehead atoms. The Labute approximate surface area is 159 Å². The molecule has 0 saturated carbocycles. The molecule has 0 aliphatic carbocycles. The number of rotatable bonds is 3. The first-order chi connectivity index (χ1) is 13.4. The maximum atomic E-state index is 12.7. The third kappa shape index (κ3) is 3.69. The summed E-state index contributed by atoms with van der Waals surface area (Å²) >= 11 is 0. The van der Waals surface area contributed by atoms with Gasteiger partial charge in [0.1, 0.15) is 5.75 Å². The lowest BCUT2D eigenvalue weighted by Gasteiger charge is -2.28. The van der Waals surface area contributed by atoms with E-state index in [1.54, 1.807) is 29.4 Å². The lowest BCUT2D eigenvalue weighted by atomic mass is 10.0.